The summed E-state index contributed by atoms with van der Waals surface area (Å²) in [7, 11) is 1.71. The van der Waals surface area contributed by atoms with E-state index in [-0.39, 0.29) is 0 Å². The Morgan fingerprint density at radius 2 is 1.75 bits per heavy atom. The number of aryl methyl sites for hydroxylation is 3. The highest BCUT2D eigenvalue weighted by atomic mass is 16.5. The highest BCUT2D eigenvalue weighted by Gasteiger charge is 2.20. The number of H-pyrrole nitrogens is 1. The first-order valence-corrected chi connectivity index (χ1v) is 8.20. The van der Waals surface area contributed by atoms with Crippen molar-refractivity contribution >= 4 is 11.3 Å². The minimum atomic E-state index is 0.904. The van der Waals surface area contributed by atoms with Crippen molar-refractivity contribution in [2.75, 3.05) is 7.11 Å². The summed E-state index contributed by atoms with van der Waals surface area (Å²) in [5.41, 5.74) is 10.2. The third-order valence-electron chi connectivity index (χ3n) is 4.41. The van der Waals surface area contributed by atoms with Gasteiger partial charge in [-0.3, -0.25) is 4.99 Å². The molecule has 0 saturated carbocycles. The summed E-state index contributed by atoms with van der Waals surface area (Å²) in [5, 5.41) is 0. The summed E-state index contributed by atoms with van der Waals surface area (Å²) in [4.78, 5) is 8.32. The van der Waals surface area contributed by atoms with E-state index in [2.05, 4.69) is 57.0 Å². The molecule has 0 spiro atoms. The SMILES string of the molecule is COc1ccc(/C(=C2/N=C(C)C=C2C)c2[nH]c(C)cc2C)cc1C. The van der Waals surface area contributed by atoms with E-state index in [1.54, 1.807) is 7.11 Å². The van der Waals surface area contributed by atoms with Gasteiger partial charge in [0.25, 0.3) is 0 Å². The quantitative estimate of drug-likeness (QED) is 0.836. The number of nitrogens with zero attached hydrogens (tertiary/aromatic N) is 1. The van der Waals surface area contributed by atoms with Gasteiger partial charge in [0.05, 0.1) is 18.5 Å². The second kappa shape index (κ2) is 6.16. The molecule has 0 radical (unpaired) electrons. The molecule has 3 nitrogen and oxygen atoms in total. The van der Waals surface area contributed by atoms with Crippen molar-refractivity contribution < 1.29 is 4.74 Å². The van der Waals surface area contributed by atoms with Crippen LogP contribution in [0.25, 0.3) is 5.57 Å². The lowest BCUT2D eigenvalue weighted by atomic mass is 9.94. The molecule has 0 saturated heterocycles. The number of ether oxygens (including phenoxy) is 1. The van der Waals surface area contributed by atoms with Gasteiger partial charge in [-0.1, -0.05) is 6.07 Å². The molecule has 1 aliphatic heterocycles. The van der Waals surface area contributed by atoms with Crippen molar-refractivity contribution in [3.05, 3.63) is 69.7 Å². The van der Waals surface area contributed by atoms with E-state index in [1.807, 2.05) is 13.0 Å². The van der Waals surface area contributed by atoms with E-state index in [4.69, 9.17) is 9.73 Å². The molecule has 1 aromatic carbocycles. The van der Waals surface area contributed by atoms with E-state index >= 15 is 0 Å². The summed E-state index contributed by atoms with van der Waals surface area (Å²) in [6.45, 7) is 10.5. The summed E-state index contributed by atoms with van der Waals surface area (Å²) >= 11 is 0. The molecule has 3 heteroatoms. The van der Waals surface area contributed by atoms with E-state index in [1.165, 1.54) is 11.1 Å². The third kappa shape index (κ3) is 2.82. The Hall–Kier alpha value is -2.55. The monoisotopic (exact) mass is 320 g/mol. The maximum Gasteiger partial charge on any atom is 0.121 e. The molecule has 2 heterocycles. The first-order valence-electron chi connectivity index (χ1n) is 8.20. The number of methoxy groups -OCH3 is 1. The lowest BCUT2D eigenvalue weighted by molar-refractivity contribution is 0.411. The van der Waals surface area contributed by atoms with E-state index in [9.17, 15) is 0 Å². The Morgan fingerprint density at radius 3 is 2.25 bits per heavy atom. The maximum atomic E-state index is 5.41. The minimum Gasteiger partial charge on any atom is -0.496 e. The van der Waals surface area contributed by atoms with Crippen LogP contribution in [-0.4, -0.2) is 17.8 Å². The summed E-state index contributed by atoms with van der Waals surface area (Å²) in [6, 6.07) is 8.49. The number of allylic oxidation sites excluding steroid dienone is 2. The number of aliphatic imine (C=N–C) groups is 1. The lowest BCUT2D eigenvalue weighted by Crippen LogP contribution is -1.98. The van der Waals surface area contributed by atoms with Crippen molar-refractivity contribution in [3.63, 3.8) is 0 Å². The smallest absolute Gasteiger partial charge is 0.121 e. The summed E-state index contributed by atoms with van der Waals surface area (Å²) in [6.07, 6.45) is 2.14. The fraction of sp³-hybridized carbons (Fsp3) is 0.286. The summed E-state index contributed by atoms with van der Waals surface area (Å²) < 4.78 is 5.41. The number of benzene rings is 1. The molecule has 2 aromatic rings. The fourth-order valence-electron chi connectivity index (χ4n) is 3.35. The van der Waals surface area contributed by atoms with Crippen LogP contribution in [0.3, 0.4) is 0 Å². The molecule has 0 atom stereocenters. The van der Waals surface area contributed by atoms with Gasteiger partial charge in [0.1, 0.15) is 5.75 Å². The molecular weight excluding hydrogens is 296 g/mol. The molecule has 0 amide bonds. The molecule has 0 unspecified atom stereocenters. The van der Waals surface area contributed by atoms with Gasteiger partial charge in [-0.15, -0.1) is 0 Å². The number of rotatable bonds is 3. The van der Waals surface area contributed by atoms with Crippen molar-refractivity contribution in [3.8, 4) is 5.75 Å². The van der Waals surface area contributed by atoms with E-state index in [0.717, 1.165) is 45.2 Å². The van der Waals surface area contributed by atoms with Gasteiger partial charge in [0.15, 0.2) is 0 Å². The van der Waals surface area contributed by atoms with Crippen LogP contribution in [0.1, 0.15) is 41.9 Å². The predicted octanol–water partition coefficient (Wildman–Crippen LogP) is 5.13. The van der Waals surface area contributed by atoms with Crippen molar-refractivity contribution in [1.29, 1.82) is 0 Å². The highest BCUT2D eigenvalue weighted by molar-refractivity contribution is 6.01. The third-order valence-corrected chi connectivity index (χ3v) is 4.41. The average Bonchev–Trinajstić information content (AvgIpc) is 3.02. The van der Waals surface area contributed by atoms with Crippen LogP contribution in [0.4, 0.5) is 0 Å². The van der Waals surface area contributed by atoms with Gasteiger partial charge in [-0.25, -0.2) is 0 Å². The number of hydrogen-bond acceptors (Lipinski definition) is 2. The van der Waals surface area contributed by atoms with Crippen LogP contribution < -0.4 is 4.74 Å². The van der Waals surface area contributed by atoms with Gasteiger partial charge in [0.2, 0.25) is 0 Å². The molecule has 1 N–H and O–H groups in total. The zero-order chi connectivity index (χ0) is 17.4. The highest BCUT2D eigenvalue weighted by Crippen LogP contribution is 2.36. The Morgan fingerprint density at radius 1 is 1.00 bits per heavy atom. The molecule has 0 aliphatic carbocycles. The lowest BCUT2D eigenvalue weighted by Gasteiger charge is -2.14. The fourth-order valence-corrected chi connectivity index (χ4v) is 3.35. The zero-order valence-electron chi connectivity index (χ0n) is 15.2. The molecule has 24 heavy (non-hydrogen) atoms. The number of aromatic nitrogens is 1. The number of aromatic amines is 1. The zero-order valence-corrected chi connectivity index (χ0v) is 15.2. The van der Waals surface area contributed by atoms with Crippen molar-refractivity contribution in [2.24, 2.45) is 4.99 Å². The minimum absolute atomic E-state index is 0.904. The van der Waals surface area contributed by atoms with Crippen LogP contribution in [0.15, 0.2) is 46.6 Å². The predicted molar refractivity (Wildman–Crippen MR) is 101 cm³/mol. The topological polar surface area (TPSA) is 37.4 Å². The van der Waals surface area contributed by atoms with Crippen LogP contribution in [0.5, 0.6) is 5.75 Å². The largest absolute Gasteiger partial charge is 0.496 e. The van der Waals surface area contributed by atoms with Gasteiger partial charge in [-0.05, 0) is 81.2 Å². The Balaban J connectivity index is 2.29. The number of nitrogens with one attached hydrogen (secondary N) is 1. The Kier molecular flexibility index (Phi) is 4.18. The first kappa shape index (κ1) is 16.3. The Labute approximate surface area is 143 Å². The maximum absolute atomic E-state index is 5.41. The molecule has 124 valence electrons. The van der Waals surface area contributed by atoms with Gasteiger partial charge < -0.3 is 9.72 Å². The van der Waals surface area contributed by atoms with Crippen LogP contribution in [-0.2, 0) is 0 Å². The first-order chi connectivity index (χ1) is 11.4. The van der Waals surface area contributed by atoms with E-state index in [0.29, 0.717) is 0 Å². The number of hydrogen-bond donors (Lipinski definition) is 1. The molecule has 1 aliphatic rings. The molecular formula is C21H24N2O. The van der Waals surface area contributed by atoms with E-state index < -0.39 is 0 Å². The molecule has 1 aromatic heterocycles. The summed E-state index contributed by atoms with van der Waals surface area (Å²) in [5.74, 6) is 0.904. The van der Waals surface area contributed by atoms with Gasteiger partial charge >= 0.3 is 0 Å². The van der Waals surface area contributed by atoms with Crippen LogP contribution >= 0.6 is 0 Å². The molecule has 3 rings (SSSR count). The van der Waals surface area contributed by atoms with Crippen LogP contribution in [0, 0.1) is 20.8 Å². The van der Waals surface area contributed by atoms with Crippen molar-refractivity contribution in [1.82, 2.24) is 4.98 Å². The molecule has 0 fully saturated rings. The second-order valence-corrected chi connectivity index (χ2v) is 6.50. The Bertz CT molecular complexity index is 895. The van der Waals surface area contributed by atoms with Crippen molar-refractivity contribution in [2.45, 2.75) is 34.6 Å². The molecule has 0 bridgehead atoms. The van der Waals surface area contributed by atoms with Gasteiger partial charge in [0, 0.05) is 17.0 Å². The second-order valence-electron chi connectivity index (χ2n) is 6.50. The van der Waals surface area contributed by atoms with Gasteiger partial charge in [-0.2, -0.15) is 0 Å². The normalized spacial score (nSPS) is 16.1. The van der Waals surface area contributed by atoms with Crippen LogP contribution in [0.2, 0.25) is 0 Å². The average molecular weight is 320 g/mol. The standard InChI is InChI=1S/C21H24N2O/c1-12-11-17(7-8-18(12)24-6)19(20-13(2)9-15(4)22-20)21-14(3)10-16(5)23-21/h7-11,22H,1-6H3/b21-19-.